The number of aromatic carboxylic acids is 1. The van der Waals surface area contributed by atoms with Gasteiger partial charge in [0, 0.05) is 30.0 Å². The van der Waals surface area contributed by atoms with Gasteiger partial charge in [0.2, 0.25) is 0 Å². The average Bonchev–Trinajstić information content (AvgIpc) is 3.31. The molecule has 0 atom stereocenters. The molecule has 0 saturated heterocycles. The quantitative estimate of drug-likeness (QED) is 0.933. The molecule has 120 valence electrons. The molecule has 0 spiro atoms. The lowest BCUT2D eigenvalue weighted by molar-refractivity contribution is 0.0692. The number of thiazole rings is 1. The maximum absolute atomic E-state index is 11.3. The number of hydrogen-bond acceptors (Lipinski definition) is 5. The van der Waals surface area contributed by atoms with Crippen LogP contribution in [0.5, 0.6) is 5.75 Å². The summed E-state index contributed by atoms with van der Waals surface area (Å²) in [4.78, 5) is 18.3. The van der Waals surface area contributed by atoms with Gasteiger partial charge in [-0.25, -0.2) is 9.78 Å². The number of carbonyl (C=O) groups is 1. The fourth-order valence-electron chi connectivity index (χ4n) is 2.94. The van der Waals surface area contributed by atoms with Gasteiger partial charge in [0.25, 0.3) is 0 Å². The summed E-state index contributed by atoms with van der Waals surface area (Å²) in [6.45, 7) is 2.75. The van der Waals surface area contributed by atoms with E-state index in [2.05, 4.69) is 10.3 Å². The van der Waals surface area contributed by atoms with Crippen molar-refractivity contribution in [2.45, 2.75) is 31.8 Å². The van der Waals surface area contributed by atoms with E-state index in [4.69, 9.17) is 9.72 Å². The minimum Gasteiger partial charge on any atom is -0.491 e. The van der Waals surface area contributed by atoms with Crippen LogP contribution in [0, 0.1) is 0 Å². The van der Waals surface area contributed by atoms with Crippen LogP contribution in [0.4, 0.5) is 0 Å². The standard InChI is InChI=1S/C17H18N2O3S/c20-17(21)13-3-1-2-12-8-19(6-7-22-16(12)13)9-15-18-14(10-23-15)11-4-5-11/h1-3,10-11H,4-9H2,(H,20,21). The Labute approximate surface area is 138 Å². The van der Waals surface area contributed by atoms with Crippen molar-refractivity contribution in [3.63, 3.8) is 0 Å². The van der Waals surface area contributed by atoms with Crippen LogP contribution < -0.4 is 4.74 Å². The molecule has 1 fully saturated rings. The molecule has 0 amide bonds. The van der Waals surface area contributed by atoms with Gasteiger partial charge in [0.1, 0.15) is 22.9 Å². The fraction of sp³-hybridized carbons (Fsp3) is 0.412. The van der Waals surface area contributed by atoms with Crippen LogP contribution in [0.3, 0.4) is 0 Å². The number of carboxylic acids is 1. The SMILES string of the molecule is O=C(O)c1cccc2c1OCCN(Cc1nc(C3CC3)cs1)C2. The normalized spacial score (nSPS) is 18.1. The molecule has 0 radical (unpaired) electrons. The molecule has 2 aliphatic rings. The van der Waals surface area contributed by atoms with Crippen molar-refractivity contribution in [3.05, 3.63) is 45.4 Å². The number of nitrogens with zero attached hydrogens (tertiary/aromatic N) is 2. The van der Waals surface area contributed by atoms with Crippen LogP contribution in [0.2, 0.25) is 0 Å². The maximum Gasteiger partial charge on any atom is 0.339 e. The van der Waals surface area contributed by atoms with Gasteiger partial charge >= 0.3 is 5.97 Å². The Hall–Kier alpha value is -1.92. The molecule has 2 heterocycles. The Morgan fingerprint density at radius 3 is 3.09 bits per heavy atom. The second-order valence-electron chi connectivity index (χ2n) is 6.10. The lowest BCUT2D eigenvalue weighted by atomic mass is 10.1. The van der Waals surface area contributed by atoms with E-state index in [1.807, 2.05) is 6.07 Å². The zero-order chi connectivity index (χ0) is 15.8. The number of hydrogen-bond donors (Lipinski definition) is 1. The third-order valence-corrected chi connectivity index (χ3v) is 5.15. The molecule has 0 unspecified atom stereocenters. The average molecular weight is 330 g/mol. The van der Waals surface area contributed by atoms with E-state index in [9.17, 15) is 9.90 Å². The minimum absolute atomic E-state index is 0.245. The molecule has 1 aromatic carbocycles. The molecule has 5 nitrogen and oxygen atoms in total. The Balaban J connectivity index is 1.52. The van der Waals surface area contributed by atoms with Crippen LogP contribution in [-0.4, -0.2) is 34.1 Å². The highest BCUT2D eigenvalue weighted by molar-refractivity contribution is 7.09. The topological polar surface area (TPSA) is 62.7 Å². The summed E-state index contributed by atoms with van der Waals surface area (Å²) in [7, 11) is 0. The molecule has 23 heavy (non-hydrogen) atoms. The molecule has 1 aliphatic carbocycles. The molecule has 0 bridgehead atoms. The Bertz CT molecular complexity index is 739. The van der Waals surface area contributed by atoms with E-state index < -0.39 is 5.97 Å². The predicted octanol–water partition coefficient (Wildman–Crippen LogP) is 3.11. The molecule has 4 rings (SSSR count). The number of rotatable bonds is 4. The number of aromatic nitrogens is 1. The predicted molar refractivity (Wildman–Crippen MR) is 87.1 cm³/mol. The van der Waals surface area contributed by atoms with Crippen molar-refractivity contribution < 1.29 is 14.6 Å². The van der Waals surface area contributed by atoms with E-state index in [1.165, 1.54) is 18.5 Å². The first-order chi connectivity index (χ1) is 11.2. The highest BCUT2D eigenvalue weighted by Crippen LogP contribution is 2.40. The first-order valence-corrected chi connectivity index (χ1v) is 8.73. The molecule has 1 N–H and O–H groups in total. The second-order valence-corrected chi connectivity index (χ2v) is 7.04. The van der Waals surface area contributed by atoms with Crippen molar-refractivity contribution in [1.82, 2.24) is 9.88 Å². The highest BCUT2D eigenvalue weighted by Gasteiger charge is 2.27. The van der Waals surface area contributed by atoms with Gasteiger partial charge in [-0.15, -0.1) is 11.3 Å². The van der Waals surface area contributed by atoms with Crippen LogP contribution in [-0.2, 0) is 13.1 Å². The van der Waals surface area contributed by atoms with Gasteiger partial charge in [-0.05, 0) is 18.9 Å². The summed E-state index contributed by atoms with van der Waals surface area (Å²) in [5.41, 5.74) is 2.42. The van der Waals surface area contributed by atoms with Gasteiger partial charge in [-0.3, -0.25) is 4.90 Å². The van der Waals surface area contributed by atoms with Gasteiger partial charge in [0.05, 0.1) is 12.2 Å². The minimum atomic E-state index is -0.940. The smallest absolute Gasteiger partial charge is 0.339 e. The number of fused-ring (bicyclic) bond motifs is 1. The zero-order valence-corrected chi connectivity index (χ0v) is 13.5. The molecule has 6 heteroatoms. The maximum atomic E-state index is 11.3. The summed E-state index contributed by atoms with van der Waals surface area (Å²) >= 11 is 1.72. The van der Waals surface area contributed by atoms with Gasteiger partial charge in [-0.1, -0.05) is 12.1 Å². The lowest BCUT2D eigenvalue weighted by Crippen LogP contribution is -2.25. The first-order valence-electron chi connectivity index (χ1n) is 7.85. The third kappa shape index (κ3) is 3.09. The van der Waals surface area contributed by atoms with Crippen LogP contribution in [0.25, 0.3) is 0 Å². The van der Waals surface area contributed by atoms with Gasteiger partial charge in [-0.2, -0.15) is 0 Å². The Kier molecular flexibility index (Phi) is 3.79. The van der Waals surface area contributed by atoms with Gasteiger partial charge < -0.3 is 9.84 Å². The van der Waals surface area contributed by atoms with E-state index >= 15 is 0 Å². The zero-order valence-electron chi connectivity index (χ0n) is 12.7. The molecule has 1 aromatic heterocycles. The largest absolute Gasteiger partial charge is 0.491 e. The number of carboxylic acid groups (broad SMARTS) is 1. The van der Waals surface area contributed by atoms with Crippen LogP contribution >= 0.6 is 11.3 Å². The summed E-state index contributed by atoms with van der Waals surface area (Å²) in [5, 5.41) is 12.6. The molecular formula is C17H18N2O3S. The molecule has 1 saturated carbocycles. The molecule has 2 aromatic rings. The van der Waals surface area contributed by atoms with E-state index in [0.717, 1.165) is 23.7 Å². The summed E-state index contributed by atoms with van der Waals surface area (Å²) in [6.07, 6.45) is 2.54. The van der Waals surface area contributed by atoms with Crippen molar-refractivity contribution in [3.8, 4) is 5.75 Å². The van der Waals surface area contributed by atoms with Crippen molar-refractivity contribution in [2.24, 2.45) is 0 Å². The van der Waals surface area contributed by atoms with Crippen LogP contribution in [0.1, 0.15) is 45.4 Å². The number of benzene rings is 1. The van der Waals surface area contributed by atoms with E-state index in [0.29, 0.717) is 24.8 Å². The lowest BCUT2D eigenvalue weighted by Gasteiger charge is -2.17. The highest BCUT2D eigenvalue weighted by atomic mass is 32.1. The Morgan fingerprint density at radius 1 is 1.43 bits per heavy atom. The van der Waals surface area contributed by atoms with E-state index in [-0.39, 0.29) is 5.56 Å². The monoisotopic (exact) mass is 330 g/mol. The second kappa shape index (κ2) is 5.94. The number of ether oxygens (including phenoxy) is 1. The van der Waals surface area contributed by atoms with Gasteiger partial charge in [0.15, 0.2) is 0 Å². The van der Waals surface area contributed by atoms with Crippen LogP contribution in [0.15, 0.2) is 23.6 Å². The molecular weight excluding hydrogens is 312 g/mol. The summed E-state index contributed by atoms with van der Waals surface area (Å²) in [6, 6.07) is 5.32. The number of para-hydroxylation sites is 1. The Morgan fingerprint density at radius 2 is 2.30 bits per heavy atom. The van der Waals surface area contributed by atoms with Crippen molar-refractivity contribution in [2.75, 3.05) is 13.2 Å². The van der Waals surface area contributed by atoms with Crippen molar-refractivity contribution >= 4 is 17.3 Å². The first kappa shape index (κ1) is 14.7. The summed E-state index contributed by atoms with van der Waals surface area (Å²) in [5.74, 6) is 0.260. The van der Waals surface area contributed by atoms with Crippen molar-refractivity contribution in [1.29, 1.82) is 0 Å². The van der Waals surface area contributed by atoms with E-state index in [1.54, 1.807) is 23.5 Å². The third-order valence-electron chi connectivity index (χ3n) is 4.30. The fourth-order valence-corrected chi connectivity index (χ4v) is 3.85. The summed E-state index contributed by atoms with van der Waals surface area (Å²) < 4.78 is 5.72. The molecule has 1 aliphatic heterocycles.